The van der Waals surface area contributed by atoms with E-state index in [2.05, 4.69) is 21.4 Å². The SMILES string of the molecule is COc1cccc(OC)c1C(NN)c1ccc(Br)c(Cl)c1. The molecule has 6 heteroatoms. The van der Waals surface area contributed by atoms with E-state index in [-0.39, 0.29) is 6.04 Å². The third-order valence-corrected chi connectivity index (χ3v) is 4.43. The first-order valence-electron chi connectivity index (χ1n) is 6.24. The van der Waals surface area contributed by atoms with Gasteiger partial charge in [0.2, 0.25) is 0 Å². The maximum Gasteiger partial charge on any atom is 0.127 e. The van der Waals surface area contributed by atoms with E-state index in [1.165, 1.54) is 0 Å². The van der Waals surface area contributed by atoms with Gasteiger partial charge in [-0.05, 0) is 45.8 Å². The van der Waals surface area contributed by atoms with E-state index in [4.69, 9.17) is 26.9 Å². The highest BCUT2D eigenvalue weighted by atomic mass is 79.9. The fourth-order valence-corrected chi connectivity index (χ4v) is 2.64. The molecule has 0 aromatic heterocycles. The van der Waals surface area contributed by atoms with Crippen LogP contribution in [0.3, 0.4) is 0 Å². The molecule has 2 aromatic carbocycles. The Morgan fingerprint density at radius 2 is 1.76 bits per heavy atom. The molecule has 0 amide bonds. The Hall–Kier alpha value is -1.27. The Morgan fingerprint density at radius 1 is 1.14 bits per heavy atom. The van der Waals surface area contributed by atoms with Gasteiger partial charge in [0.1, 0.15) is 11.5 Å². The lowest BCUT2D eigenvalue weighted by Gasteiger charge is -2.22. The second-order valence-corrected chi connectivity index (χ2v) is 5.61. The first-order valence-corrected chi connectivity index (χ1v) is 7.41. The van der Waals surface area contributed by atoms with Crippen molar-refractivity contribution < 1.29 is 9.47 Å². The molecule has 2 aromatic rings. The summed E-state index contributed by atoms with van der Waals surface area (Å²) in [4.78, 5) is 0. The Bertz CT molecular complexity index is 615. The minimum atomic E-state index is -0.304. The van der Waals surface area contributed by atoms with Crippen molar-refractivity contribution in [1.82, 2.24) is 5.43 Å². The highest BCUT2D eigenvalue weighted by Gasteiger charge is 2.22. The minimum Gasteiger partial charge on any atom is -0.496 e. The minimum absolute atomic E-state index is 0.304. The molecule has 2 rings (SSSR count). The third-order valence-electron chi connectivity index (χ3n) is 3.20. The van der Waals surface area contributed by atoms with Crippen LogP contribution in [0, 0.1) is 0 Å². The van der Waals surface area contributed by atoms with Crippen LogP contribution < -0.4 is 20.7 Å². The summed E-state index contributed by atoms with van der Waals surface area (Å²) in [5.41, 5.74) is 4.53. The number of methoxy groups -OCH3 is 2. The summed E-state index contributed by atoms with van der Waals surface area (Å²) in [7, 11) is 3.22. The molecule has 4 nitrogen and oxygen atoms in total. The predicted molar refractivity (Wildman–Crippen MR) is 87.9 cm³/mol. The quantitative estimate of drug-likeness (QED) is 0.622. The van der Waals surface area contributed by atoms with Crippen LogP contribution in [0.2, 0.25) is 5.02 Å². The van der Waals surface area contributed by atoms with Crippen molar-refractivity contribution in [2.75, 3.05) is 14.2 Å². The van der Waals surface area contributed by atoms with Gasteiger partial charge in [-0.25, -0.2) is 5.43 Å². The fourth-order valence-electron chi connectivity index (χ4n) is 2.20. The summed E-state index contributed by atoms with van der Waals surface area (Å²) in [6.45, 7) is 0. The molecule has 0 radical (unpaired) electrons. The van der Waals surface area contributed by atoms with Crippen LogP contribution in [-0.4, -0.2) is 14.2 Å². The van der Waals surface area contributed by atoms with Crippen molar-refractivity contribution >= 4 is 27.5 Å². The van der Waals surface area contributed by atoms with Gasteiger partial charge in [-0.1, -0.05) is 23.7 Å². The van der Waals surface area contributed by atoms with Crippen LogP contribution in [0.1, 0.15) is 17.2 Å². The second kappa shape index (κ2) is 7.13. The number of hydrogen-bond acceptors (Lipinski definition) is 4. The summed E-state index contributed by atoms with van der Waals surface area (Å²) in [5.74, 6) is 7.14. The van der Waals surface area contributed by atoms with E-state index < -0.39 is 0 Å². The molecule has 3 N–H and O–H groups in total. The Labute approximate surface area is 137 Å². The zero-order valence-electron chi connectivity index (χ0n) is 11.7. The van der Waals surface area contributed by atoms with Crippen molar-refractivity contribution in [1.29, 1.82) is 0 Å². The standard InChI is InChI=1S/C15H16BrClN2O2/c1-20-12-4-3-5-13(21-2)14(12)15(19-18)9-6-7-10(16)11(17)8-9/h3-8,15,19H,18H2,1-2H3. The highest BCUT2D eigenvalue weighted by Crippen LogP contribution is 2.38. The van der Waals surface area contributed by atoms with Crippen molar-refractivity contribution in [2.45, 2.75) is 6.04 Å². The average Bonchev–Trinajstić information content (AvgIpc) is 2.51. The number of hydrogen-bond donors (Lipinski definition) is 2. The Kier molecular flexibility index (Phi) is 5.47. The van der Waals surface area contributed by atoms with Gasteiger partial charge in [0.15, 0.2) is 0 Å². The molecule has 21 heavy (non-hydrogen) atoms. The van der Waals surface area contributed by atoms with Crippen molar-refractivity contribution in [2.24, 2.45) is 5.84 Å². The molecule has 0 saturated heterocycles. The first kappa shape index (κ1) is 16.1. The molecule has 1 atom stereocenters. The second-order valence-electron chi connectivity index (χ2n) is 4.35. The van der Waals surface area contributed by atoms with E-state index in [0.29, 0.717) is 16.5 Å². The van der Waals surface area contributed by atoms with Crippen LogP contribution in [0.25, 0.3) is 0 Å². The lowest BCUT2D eigenvalue weighted by Crippen LogP contribution is -2.29. The van der Waals surface area contributed by atoms with Gasteiger partial charge < -0.3 is 9.47 Å². The smallest absolute Gasteiger partial charge is 0.127 e. The molecule has 0 fully saturated rings. The fraction of sp³-hybridized carbons (Fsp3) is 0.200. The maximum atomic E-state index is 6.17. The van der Waals surface area contributed by atoms with Crippen molar-refractivity contribution in [3.05, 3.63) is 57.0 Å². The molecule has 0 heterocycles. The first-order chi connectivity index (χ1) is 10.1. The molecule has 0 spiro atoms. The number of benzene rings is 2. The van der Waals surface area contributed by atoms with Gasteiger partial charge in [-0.2, -0.15) is 0 Å². The van der Waals surface area contributed by atoms with E-state index in [1.807, 2.05) is 36.4 Å². The van der Waals surface area contributed by atoms with Gasteiger partial charge >= 0.3 is 0 Å². The normalized spacial score (nSPS) is 12.0. The van der Waals surface area contributed by atoms with Crippen LogP contribution in [0.15, 0.2) is 40.9 Å². The van der Waals surface area contributed by atoms with E-state index >= 15 is 0 Å². The van der Waals surface area contributed by atoms with E-state index in [0.717, 1.165) is 15.6 Å². The van der Waals surface area contributed by atoms with Gasteiger partial charge in [0, 0.05) is 4.47 Å². The maximum absolute atomic E-state index is 6.17. The van der Waals surface area contributed by atoms with E-state index in [9.17, 15) is 0 Å². The van der Waals surface area contributed by atoms with Crippen LogP contribution in [0.4, 0.5) is 0 Å². The Morgan fingerprint density at radius 3 is 2.24 bits per heavy atom. The van der Waals surface area contributed by atoms with Crippen molar-refractivity contribution in [3.8, 4) is 11.5 Å². The summed E-state index contributed by atoms with van der Waals surface area (Å²) in [6, 6.07) is 11.0. The molecule has 1 unspecified atom stereocenters. The predicted octanol–water partition coefficient (Wildman–Crippen LogP) is 3.67. The zero-order valence-corrected chi connectivity index (χ0v) is 14.0. The number of nitrogens with one attached hydrogen (secondary N) is 1. The van der Waals surface area contributed by atoms with Gasteiger partial charge in [0.05, 0.1) is 30.8 Å². The molecule has 0 bridgehead atoms. The molecule has 0 aliphatic heterocycles. The summed E-state index contributed by atoms with van der Waals surface area (Å²) >= 11 is 9.55. The van der Waals surface area contributed by atoms with Crippen LogP contribution >= 0.6 is 27.5 Å². The van der Waals surface area contributed by atoms with Gasteiger partial charge in [-0.15, -0.1) is 0 Å². The third kappa shape index (κ3) is 3.32. The topological polar surface area (TPSA) is 56.5 Å². The number of halogens is 2. The molecule has 112 valence electrons. The molecule has 0 saturated carbocycles. The highest BCUT2D eigenvalue weighted by molar-refractivity contribution is 9.10. The lowest BCUT2D eigenvalue weighted by molar-refractivity contribution is 0.377. The van der Waals surface area contributed by atoms with Crippen LogP contribution in [-0.2, 0) is 0 Å². The Balaban J connectivity index is 2.57. The zero-order chi connectivity index (χ0) is 15.4. The average molecular weight is 372 g/mol. The number of ether oxygens (including phenoxy) is 2. The van der Waals surface area contributed by atoms with Crippen molar-refractivity contribution in [3.63, 3.8) is 0 Å². The molecular weight excluding hydrogens is 356 g/mol. The van der Waals surface area contributed by atoms with Gasteiger partial charge in [0.25, 0.3) is 0 Å². The summed E-state index contributed by atoms with van der Waals surface area (Å²) in [5, 5.41) is 0.613. The number of hydrazine groups is 1. The number of nitrogens with two attached hydrogens (primary N) is 1. The largest absolute Gasteiger partial charge is 0.496 e. The van der Waals surface area contributed by atoms with Crippen LogP contribution in [0.5, 0.6) is 11.5 Å². The molecular formula is C15H16BrClN2O2. The summed E-state index contributed by atoms with van der Waals surface area (Å²) in [6.07, 6.45) is 0. The summed E-state index contributed by atoms with van der Waals surface area (Å²) < 4.78 is 11.7. The number of rotatable bonds is 5. The lowest BCUT2D eigenvalue weighted by atomic mass is 9.97. The van der Waals surface area contributed by atoms with Gasteiger partial charge in [-0.3, -0.25) is 5.84 Å². The molecule has 0 aliphatic rings. The van der Waals surface area contributed by atoms with E-state index in [1.54, 1.807) is 14.2 Å². The molecule has 0 aliphatic carbocycles. The monoisotopic (exact) mass is 370 g/mol.